The van der Waals surface area contributed by atoms with Crippen molar-refractivity contribution >= 4 is 22.9 Å². The monoisotopic (exact) mass is 262 g/mol. The Kier molecular flexibility index (Phi) is 3.78. The molecule has 1 unspecified atom stereocenters. The Morgan fingerprint density at radius 3 is 2.61 bits per heavy atom. The minimum Gasteiger partial charge on any atom is -0.369 e. The first-order valence-corrected chi connectivity index (χ1v) is 6.70. The Morgan fingerprint density at radius 1 is 1.39 bits per heavy atom. The molecular formula is C14H18N2OS. The molecule has 1 atom stereocenters. The van der Waals surface area contributed by atoms with Gasteiger partial charge in [0.05, 0.1) is 0 Å². The Bertz CT molecular complexity index is 472. The van der Waals surface area contributed by atoms with Gasteiger partial charge in [0.2, 0.25) is 0 Å². The summed E-state index contributed by atoms with van der Waals surface area (Å²) in [6.07, 6.45) is 2.02. The minimum atomic E-state index is -0.960. The van der Waals surface area contributed by atoms with Crippen LogP contribution in [0.1, 0.15) is 38.7 Å². The maximum absolute atomic E-state index is 10.6. The number of benzene rings is 1. The van der Waals surface area contributed by atoms with Crippen molar-refractivity contribution in [3.63, 3.8) is 0 Å². The van der Waals surface area contributed by atoms with Gasteiger partial charge in [-0.15, -0.1) is 0 Å². The van der Waals surface area contributed by atoms with E-state index in [1.807, 2.05) is 44.2 Å². The zero-order valence-corrected chi connectivity index (χ0v) is 11.6. The van der Waals surface area contributed by atoms with Crippen LogP contribution < -0.4 is 0 Å². The third kappa shape index (κ3) is 2.31. The molecule has 1 aromatic rings. The summed E-state index contributed by atoms with van der Waals surface area (Å²) < 4.78 is 0. The highest BCUT2D eigenvalue weighted by atomic mass is 32.1. The largest absolute Gasteiger partial charge is 0.369 e. The zero-order valence-electron chi connectivity index (χ0n) is 10.8. The van der Waals surface area contributed by atoms with E-state index in [0.29, 0.717) is 17.8 Å². The van der Waals surface area contributed by atoms with Crippen LogP contribution in [0.25, 0.3) is 0 Å². The van der Waals surface area contributed by atoms with Crippen LogP contribution in [-0.2, 0) is 0 Å². The molecule has 96 valence electrons. The number of hydrazone groups is 1. The topological polar surface area (TPSA) is 35.8 Å². The Labute approximate surface area is 113 Å². The molecular weight excluding hydrogens is 244 g/mol. The lowest BCUT2D eigenvalue weighted by Gasteiger charge is -2.31. The molecule has 1 N–H and O–H groups in total. The van der Waals surface area contributed by atoms with Gasteiger partial charge in [0.25, 0.3) is 0 Å². The van der Waals surface area contributed by atoms with Gasteiger partial charge in [-0.25, -0.2) is 5.01 Å². The summed E-state index contributed by atoms with van der Waals surface area (Å²) in [7, 11) is 0. The molecule has 0 aromatic heterocycles. The average Bonchev–Trinajstić information content (AvgIpc) is 2.77. The van der Waals surface area contributed by atoms with E-state index < -0.39 is 5.72 Å². The average molecular weight is 262 g/mol. The first kappa shape index (κ1) is 13.2. The van der Waals surface area contributed by atoms with E-state index in [4.69, 9.17) is 12.2 Å². The third-order valence-electron chi connectivity index (χ3n) is 3.31. The summed E-state index contributed by atoms with van der Waals surface area (Å²) in [5.74, 6) is 0. The maximum atomic E-state index is 10.6. The van der Waals surface area contributed by atoms with Crippen molar-refractivity contribution < 1.29 is 5.11 Å². The fourth-order valence-corrected chi connectivity index (χ4v) is 2.43. The molecule has 0 spiro atoms. The van der Waals surface area contributed by atoms with E-state index >= 15 is 0 Å². The highest BCUT2D eigenvalue weighted by molar-refractivity contribution is 7.80. The fraction of sp³-hybridized carbons (Fsp3) is 0.429. The molecule has 1 heterocycles. The predicted molar refractivity (Wildman–Crippen MR) is 77.6 cm³/mol. The van der Waals surface area contributed by atoms with Crippen LogP contribution in [0.15, 0.2) is 35.4 Å². The van der Waals surface area contributed by atoms with Crippen LogP contribution in [0.5, 0.6) is 0 Å². The summed E-state index contributed by atoms with van der Waals surface area (Å²) in [5, 5.41) is 16.7. The molecule has 4 heteroatoms. The van der Waals surface area contributed by atoms with Crippen LogP contribution in [0.4, 0.5) is 0 Å². The molecule has 1 aliphatic heterocycles. The van der Waals surface area contributed by atoms with Crippen molar-refractivity contribution in [2.75, 3.05) is 0 Å². The van der Waals surface area contributed by atoms with Crippen LogP contribution in [0.3, 0.4) is 0 Å². The number of nitrogens with zero attached hydrogens (tertiary/aromatic N) is 2. The predicted octanol–water partition coefficient (Wildman–Crippen LogP) is 2.93. The molecule has 0 radical (unpaired) electrons. The molecule has 1 aliphatic rings. The lowest BCUT2D eigenvalue weighted by atomic mass is 10.0. The first-order chi connectivity index (χ1) is 8.60. The van der Waals surface area contributed by atoms with Gasteiger partial charge in [-0.05, 0) is 12.8 Å². The van der Waals surface area contributed by atoms with Crippen molar-refractivity contribution in [3.05, 3.63) is 35.9 Å². The number of aliphatic hydroxyl groups is 1. The van der Waals surface area contributed by atoms with Gasteiger partial charge < -0.3 is 5.11 Å². The zero-order chi connectivity index (χ0) is 13.2. The SMILES string of the molecule is CCC1=NN(C(=S)c2ccccc2)C(O)(CC)C1. The molecule has 0 aliphatic carbocycles. The van der Waals surface area contributed by atoms with Crippen LogP contribution in [0, 0.1) is 0 Å². The van der Waals surface area contributed by atoms with Crippen LogP contribution in [-0.4, -0.2) is 26.5 Å². The quantitative estimate of drug-likeness (QED) is 0.851. The highest BCUT2D eigenvalue weighted by Crippen LogP contribution is 2.31. The van der Waals surface area contributed by atoms with Crippen molar-refractivity contribution in [1.29, 1.82) is 0 Å². The third-order valence-corrected chi connectivity index (χ3v) is 3.72. The number of thiocarbonyl (C=S) groups is 1. The van der Waals surface area contributed by atoms with Gasteiger partial charge in [-0.1, -0.05) is 56.4 Å². The molecule has 0 saturated carbocycles. The van der Waals surface area contributed by atoms with E-state index in [1.54, 1.807) is 5.01 Å². The maximum Gasteiger partial charge on any atom is 0.164 e. The number of rotatable bonds is 3. The summed E-state index contributed by atoms with van der Waals surface area (Å²) in [6.45, 7) is 4.00. The Balaban J connectivity index is 2.31. The van der Waals surface area contributed by atoms with Crippen molar-refractivity contribution in [2.24, 2.45) is 5.10 Å². The Morgan fingerprint density at radius 2 is 2.06 bits per heavy atom. The second kappa shape index (κ2) is 5.16. The van der Waals surface area contributed by atoms with Gasteiger partial charge in [-0.2, -0.15) is 5.10 Å². The smallest absolute Gasteiger partial charge is 0.164 e. The molecule has 2 rings (SSSR count). The first-order valence-electron chi connectivity index (χ1n) is 6.29. The van der Waals surface area contributed by atoms with Gasteiger partial charge in [-0.3, -0.25) is 0 Å². The molecule has 3 nitrogen and oxygen atoms in total. The van der Waals surface area contributed by atoms with E-state index in [2.05, 4.69) is 5.10 Å². The van der Waals surface area contributed by atoms with Crippen LogP contribution >= 0.6 is 12.2 Å². The van der Waals surface area contributed by atoms with E-state index in [-0.39, 0.29) is 0 Å². The van der Waals surface area contributed by atoms with Crippen LogP contribution in [0.2, 0.25) is 0 Å². The normalized spacial score (nSPS) is 23.1. The minimum absolute atomic E-state index is 0.576. The molecule has 18 heavy (non-hydrogen) atoms. The summed E-state index contributed by atoms with van der Waals surface area (Å²) in [4.78, 5) is 0.586. The van der Waals surface area contributed by atoms with E-state index in [1.165, 1.54) is 0 Å². The molecule has 0 saturated heterocycles. The second-order valence-corrected chi connectivity index (χ2v) is 4.90. The van der Waals surface area contributed by atoms with E-state index in [0.717, 1.165) is 17.7 Å². The summed E-state index contributed by atoms with van der Waals surface area (Å²) in [5.41, 5.74) is 0.955. The molecule has 0 amide bonds. The number of hydrogen-bond donors (Lipinski definition) is 1. The van der Waals surface area contributed by atoms with E-state index in [9.17, 15) is 5.11 Å². The molecule has 0 bridgehead atoms. The standard InChI is InChI=1S/C14H18N2OS/c1-3-12-10-14(17,4-2)16(15-12)13(18)11-8-6-5-7-9-11/h5-9,17H,3-4,10H2,1-2H3. The van der Waals surface area contributed by atoms with Gasteiger partial charge in [0.1, 0.15) is 4.99 Å². The highest BCUT2D eigenvalue weighted by Gasteiger charge is 2.40. The fourth-order valence-electron chi connectivity index (χ4n) is 2.08. The van der Waals surface area contributed by atoms with Gasteiger partial charge >= 0.3 is 0 Å². The lowest BCUT2D eigenvalue weighted by Crippen LogP contribution is -2.45. The van der Waals surface area contributed by atoms with Crippen molar-refractivity contribution in [2.45, 2.75) is 38.8 Å². The molecule has 0 fully saturated rings. The second-order valence-electron chi connectivity index (χ2n) is 4.52. The Hall–Kier alpha value is -1.26. The summed E-state index contributed by atoms with van der Waals surface area (Å²) >= 11 is 5.46. The van der Waals surface area contributed by atoms with Crippen molar-refractivity contribution in [1.82, 2.24) is 5.01 Å². The molecule has 1 aromatic carbocycles. The summed E-state index contributed by atoms with van der Waals surface area (Å²) in [6, 6.07) is 9.71. The van der Waals surface area contributed by atoms with Crippen molar-refractivity contribution in [3.8, 4) is 0 Å². The lowest BCUT2D eigenvalue weighted by molar-refractivity contribution is -0.0520. The number of hydrogen-bond acceptors (Lipinski definition) is 3. The van der Waals surface area contributed by atoms with Gasteiger partial charge in [0.15, 0.2) is 5.72 Å². The van der Waals surface area contributed by atoms with Gasteiger partial charge in [0, 0.05) is 17.7 Å².